The predicted molar refractivity (Wildman–Crippen MR) is 117 cm³/mol. The van der Waals surface area contributed by atoms with Crippen molar-refractivity contribution in [2.75, 3.05) is 11.9 Å². The summed E-state index contributed by atoms with van der Waals surface area (Å²) in [7, 11) is -3.99. The van der Waals surface area contributed by atoms with Crippen LogP contribution in [-0.2, 0) is 21.0 Å². The van der Waals surface area contributed by atoms with Gasteiger partial charge in [-0.05, 0) is 48.9 Å². The van der Waals surface area contributed by atoms with Gasteiger partial charge >= 0.3 is 10.3 Å². The lowest BCUT2D eigenvalue weighted by molar-refractivity contribution is 0.103. The summed E-state index contributed by atoms with van der Waals surface area (Å²) < 4.78 is 54.9. The van der Waals surface area contributed by atoms with Gasteiger partial charge in [-0.15, -0.1) is 0 Å². The highest BCUT2D eigenvalue weighted by molar-refractivity contribution is 7.84. The number of hydrogen-bond acceptors (Lipinski definition) is 8. The molecule has 1 aromatic carbocycles. The summed E-state index contributed by atoms with van der Waals surface area (Å²) in [6.07, 6.45) is 6.32. The summed E-state index contributed by atoms with van der Waals surface area (Å²) in [6, 6.07) is 4.64. The molecule has 0 unspecified atom stereocenters. The molecule has 34 heavy (non-hydrogen) atoms. The van der Waals surface area contributed by atoms with Gasteiger partial charge in [-0.25, -0.2) is 23.9 Å². The summed E-state index contributed by atoms with van der Waals surface area (Å²) in [6.45, 7) is 0.0850. The van der Waals surface area contributed by atoms with E-state index in [9.17, 15) is 22.0 Å². The van der Waals surface area contributed by atoms with Gasteiger partial charge in [0, 0.05) is 24.5 Å². The van der Waals surface area contributed by atoms with Gasteiger partial charge in [0.05, 0.1) is 18.7 Å². The Morgan fingerprint density at radius 3 is 2.74 bits per heavy atom. The number of ketones is 1. The highest BCUT2D eigenvalue weighted by Crippen LogP contribution is 2.29. The summed E-state index contributed by atoms with van der Waals surface area (Å²) >= 11 is 0. The first-order valence-corrected chi connectivity index (χ1v) is 11.9. The zero-order chi connectivity index (χ0) is 24.3. The molecule has 3 N–H and O–H groups in total. The fourth-order valence-corrected chi connectivity index (χ4v) is 4.33. The number of nitrogens with one attached hydrogen (secondary N) is 1. The number of rotatable bonds is 9. The number of benzene rings is 1. The fourth-order valence-electron chi connectivity index (χ4n) is 3.95. The smallest absolute Gasteiger partial charge is 0.333 e. The van der Waals surface area contributed by atoms with Gasteiger partial charge in [0.15, 0.2) is 0 Å². The van der Waals surface area contributed by atoms with Crippen LogP contribution >= 0.6 is 0 Å². The number of aromatic nitrogens is 4. The number of hydrogen-bond donors (Lipinski definition) is 2. The Morgan fingerprint density at radius 2 is 2.00 bits per heavy atom. The second-order valence-electron chi connectivity index (χ2n) is 8.09. The summed E-state index contributed by atoms with van der Waals surface area (Å²) in [5.41, 5.74) is 0.710. The van der Waals surface area contributed by atoms with Gasteiger partial charge in [-0.1, -0.05) is 0 Å². The maximum Gasteiger partial charge on any atom is 0.333 e. The van der Waals surface area contributed by atoms with Crippen molar-refractivity contribution >= 4 is 21.9 Å². The quantitative estimate of drug-likeness (QED) is 0.432. The van der Waals surface area contributed by atoms with E-state index in [1.165, 1.54) is 35.4 Å². The second kappa shape index (κ2) is 9.91. The van der Waals surface area contributed by atoms with E-state index in [1.54, 1.807) is 6.20 Å². The normalized spacial score (nSPS) is 18.2. The van der Waals surface area contributed by atoms with Crippen molar-refractivity contribution in [2.45, 2.75) is 31.8 Å². The van der Waals surface area contributed by atoms with Crippen LogP contribution in [0.15, 0.2) is 43.0 Å². The van der Waals surface area contributed by atoms with Crippen molar-refractivity contribution < 1.29 is 26.2 Å². The molecule has 180 valence electrons. The summed E-state index contributed by atoms with van der Waals surface area (Å²) in [5, 5.41) is 12.3. The first-order valence-electron chi connectivity index (χ1n) is 10.4. The molecule has 3 aromatic rings. The van der Waals surface area contributed by atoms with Gasteiger partial charge in [0.25, 0.3) is 0 Å². The molecule has 1 saturated carbocycles. The third-order valence-electron chi connectivity index (χ3n) is 5.45. The lowest BCUT2D eigenvalue weighted by Gasteiger charge is -2.15. The first-order chi connectivity index (χ1) is 16.2. The molecular weight excluding hydrogens is 470 g/mol. The Morgan fingerprint density at radius 1 is 1.24 bits per heavy atom. The van der Waals surface area contributed by atoms with Crippen molar-refractivity contribution in [1.29, 1.82) is 0 Å². The molecular formula is C21H22F2N6O4S. The molecule has 0 bridgehead atoms. The predicted octanol–water partition coefficient (Wildman–Crippen LogP) is 2.03. The average Bonchev–Trinajstić information content (AvgIpc) is 3.40. The van der Waals surface area contributed by atoms with Crippen LogP contribution in [0.1, 0.15) is 40.9 Å². The molecule has 0 spiro atoms. The van der Waals surface area contributed by atoms with E-state index in [0.29, 0.717) is 17.8 Å². The Kier molecular flexibility index (Phi) is 6.95. The minimum Gasteiger partial charge on any atom is -0.367 e. The van der Waals surface area contributed by atoms with Crippen LogP contribution in [-0.4, -0.2) is 46.6 Å². The molecule has 0 amide bonds. The zero-order valence-corrected chi connectivity index (χ0v) is 18.7. The van der Waals surface area contributed by atoms with E-state index in [0.717, 1.165) is 18.9 Å². The summed E-state index contributed by atoms with van der Waals surface area (Å²) in [4.78, 5) is 21.2. The number of carbonyl (C=O) groups excluding carboxylic acids is 1. The fraction of sp³-hybridized carbons (Fsp3) is 0.333. The van der Waals surface area contributed by atoms with Crippen LogP contribution in [0.3, 0.4) is 0 Å². The molecule has 13 heteroatoms. The van der Waals surface area contributed by atoms with Crippen LogP contribution < -0.4 is 10.5 Å². The van der Waals surface area contributed by atoms with Crippen LogP contribution in [0.5, 0.6) is 0 Å². The Bertz CT molecular complexity index is 1280. The van der Waals surface area contributed by atoms with Crippen molar-refractivity contribution in [3.63, 3.8) is 0 Å². The minimum atomic E-state index is -3.99. The Labute approximate surface area is 194 Å². The van der Waals surface area contributed by atoms with Crippen LogP contribution in [0.2, 0.25) is 0 Å². The van der Waals surface area contributed by atoms with Crippen molar-refractivity contribution in [3.05, 3.63) is 71.4 Å². The largest absolute Gasteiger partial charge is 0.367 e. The molecule has 1 aliphatic rings. The van der Waals surface area contributed by atoms with Gasteiger partial charge in [-0.3, -0.25) is 13.7 Å². The molecule has 0 radical (unpaired) electrons. The molecule has 1 fully saturated rings. The van der Waals surface area contributed by atoms with Crippen LogP contribution in [0.25, 0.3) is 0 Å². The van der Waals surface area contributed by atoms with E-state index >= 15 is 0 Å². The number of nitrogens with two attached hydrogens (primary N) is 1. The van der Waals surface area contributed by atoms with Crippen molar-refractivity contribution in [2.24, 2.45) is 11.1 Å². The number of nitrogens with zero attached hydrogens (tertiary/aromatic N) is 4. The minimum absolute atomic E-state index is 0.000160. The van der Waals surface area contributed by atoms with Gasteiger partial charge in [-0.2, -0.15) is 13.5 Å². The van der Waals surface area contributed by atoms with E-state index < -0.39 is 27.7 Å². The first kappa shape index (κ1) is 23.9. The van der Waals surface area contributed by atoms with Gasteiger partial charge in [0.2, 0.25) is 5.78 Å². The molecule has 0 aliphatic heterocycles. The van der Waals surface area contributed by atoms with E-state index in [2.05, 4.69) is 24.6 Å². The van der Waals surface area contributed by atoms with Crippen LogP contribution in [0, 0.1) is 17.6 Å². The zero-order valence-electron chi connectivity index (χ0n) is 17.9. The lowest BCUT2D eigenvalue weighted by Crippen LogP contribution is -2.22. The SMILES string of the molecule is NS(=O)(=O)OC[C@@H]1CC[C@H](Nc2ncncc2C(=O)c2ccn(Cc3cc(F)cc(F)c3)n2)C1. The number of carbonyl (C=O) groups is 1. The Balaban J connectivity index is 1.43. The lowest BCUT2D eigenvalue weighted by atomic mass is 10.1. The second-order valence-corrected chi connectivity index (χ2v) is 9.31. The summed E-state index contributed by atoms with van der Waals surface area (Å²) in [5.74, 6) is -1.47. The highest BCUT2D eigenvalue weighted by Gasteiger charge is 2.28. The highest BCUT2D eigenvalue weighted by atomic mass is 32.2. The van der Waals surface area contributed by atoms with E-state index in [1.807, 2.05) is 0 Å². The average molecular weight is 493 g/mol. The van der Waals surface area contributed by atoms with Gasteiger partial charge < -0.3 is 5.32 Å². The Hall–Kier alpha value is -3.29. The van der Waals surface area contributed by atoms with E-state index in [4.69, 9.17) is 5.14 Å². The maximum absolute atomic E-state index is 13.4. The topological polar surface area (TPSA) is 142 Å². The van der Waals surface area contributed by atoms with E-state index in [-0.39, 0.29) is 36.4 Å². The molecule has 4 rings (SSSR count). The number of anilines is 1. The number of halogens is 2. The molecule has 2 aromatic heterocycles. The third kappa shape index (κ3) is 6.18. The molecule has 2 heterocycles. The monoisotopic (exact) mass is 492 g/mol. The van der Waals surface area contributed by atoms with Crippen molar-refractivity contribution in [3.8, 4) is 0 Å². The van der Waals surface area contributed by atoms with Crippen LogP contribution in [0.4, 0.5) is 14.6 Å². The van der Waals surface area contributed by atoms with Crippen molar-refractivity contribution in [1.82, 2.24) is 19.7 Å². The third-order valence-corrected chi connectivity index (χ3v) is 5.91. The molecule has 10 nitrogen and oxygen atoms in total. The van der Waals surface area contributed by atoms with Gasteiger partial charge in [0.1, 0.15) is 29.5 Å². The standard InChI is InChI=1S/C21H22F2N6O4S/c22-15-5-14(6-16(23)8-15)10-29-4-3-19(28-29)20(30)18-9-25-12-26-21(18)27-17-2-1-13(7-17)11-33-34(24,31)32/h3-6,8-9,12-13,17H,1-2,7,10-11H2,(H2,24,31,32)(H,25,26,27)/t13-,17+/m1/s1. The molecule has 1 aliphatic carbocycles. The molecule has 0 saturated heterocycles. The molecule has 2 atom stereocenters. The maximum atomic E-state index is 13.4.